The number of nitrogens with zero attached hydrogens (tertiary/aromatic N) is 1. The predicted octanol–water partition coefficient (Wildman–Crippen LogP) is 2.52. The second-order valence-corrected chi connectivity index (χ2v) is 8.37. The van der Waals surface area contributed by atoms with Gasteiger partial charge in [-0.05, 0) is 25.5 Å². The molecule has 0 bridgehead atoms. The van der Waals surface area contributed by atoms with Crippen LogP contribution in [0, 0.1) is 5.82 Å². The molecule has 1 aliphatic rings. The van der Waals surface area contributed by atoms with Gasteiger partial charge in [0.25, 0.3) is 0 Å². The highest BCUT2D eigenvalue weighted by molar-refractivity contribution is 7.89. The van der Waals surface area contributed by atoms with Gasteiger partial charge in [0, 0.05) is 30.2 Å². The lowest BCUT2D eigenvalue weighted by Gasteiger charge is -2.38. The molecule has 1 aromatic rings. The number of nitrogens with one attached hydrogen (secondary N) is 1. The van der Waals surface area contributed by atoms with Crippen LogP contribution < -0.4 is 4.72 Å². The Morgan fingerprint density at radius 3 is 2.88 bits per heavy atom. The second-order valence-electron chi connectivity index (χ2n) is 6.04. The smallest absolute Gasteiger partial charge is 0.211 e. The van der Waals surface area contributed by atoms with Crippen LogP contribution in [0.1, 0.15) is 24.9 Å². The highest BCUT2D eigenvalue weighted by Gasteiger charge is 2.30. The number of ether oxygens (including phenoxy) is 1. The summed E-state index contributed by atoms with van der Waals surface area (Å²) in [6, 6.07) is 3.82. The molecule has 0 unspecified atom stereocenters. The summed E-state index contributed by atoms with van der Waals surface area (Å²) in [6.07, 6.45) is -0.125. The molecule has 1 heterocycles. The minimum Gasteiger partial charge on any atom is -0.376 e. The molecule has 0 aromatic heterocycles. The number of sulfonamides is 1. The average Bonchev–Trinajstić information content (AvgIpc) is 2.55. The third kappa shape index (κ3) is 5.86. The lowest BCUT2D eigenvalue weighted by molar-refractivity contribution is -0.0342. The second kappa shape index (κ2) is 9.23. The van der Waals surface area contributed by atoms with Gasteiger partial charge < -0.3 is 4.74 Å². The molecule has 0 radical (unpaired) electrons. The average molecular weight is 397 g/mol. The van der Waals surface area contributed by atoms with Gasteiger partial charge in [0.2, 0.25) is 10.0 Å². The molecule has 25 heavy (non-hydrogen) atoms. The van der Waals surface area contributed by atoms with Gasteiger partial charge in [-0.3, -0.25) is 9.29 Å². The summed E-state index contributed by atoms with van der Waals surface area (Å²) in [6.45, 7) is 2.69. The molecule has 0 saturated carbocycles. The molecule has 9 heteroatoms. The van der Waals surface area contributed by atoms with Crippen LogP contribution in [0.15, 0.2) is 18.2 Å². The zero-order chi connectivity index (χ0) is 18.4. The summed E-state index contributed by atoms with van der Waals surface area (Å²) in [5.41, 5.74) is 0.256. The number of halogens is 3. The number of alkyl halides is 1. The van der Waals surface area contributed by atoms with E-state index in [0.29, 0.717) is 19.7 Å². The highest BCUT2D eigenvalue weighted by Crippen LogP contribution is 2.31. The zero-order valence-electron chi connectivity index (χ0n) is 14.1. The van der Waals surface area contributed by atoms with Crippen LogP contribution in [-0.4, -0.2) is 58.1 Å². The summed E-state index contributed by atoms with van der Waals surface area (Å²) in [4.78, 5) is 1.95. The first-order chi connectivity index (χ1) is 11.8. The van der Waals surface area contributed by atoms with Crippen molar-refractivity contribution < 1.29 is 21.9 Å². The third-order valence-corrected chi connectivity index (χ3v) is 5.85. The van der Waals surface area contributed by atoms with E-state index in [2.05, 4.69) is 4.72 Å². The molecule has 0 amide bonds. The molecule has 5 nitrogen and oxygen atoms in total. The maximum Gasteiger partial charge on any atom is 0.211 e. The Labute approximate surface area is 152 Å². The Hall–Kier alpha value is -0.800. The van der Waals surface area contributed by atoms with Crippen molar-refractivity contribution in [2.75, 3.05) is 38.7 Å². The van der Waals surface area contributed by atoms with E-state index in [1.165, 1.54) is 12.1 Å². The van der Waals surface area contributed by atoms with Gasteiger partial charge in [-0.25, -0.2) is 17.5 Å². The minimum absolute atomic E-state index is 0.0397. The molecular weight excluding hydrogens is 374 g/mol. The Morgan fingerprint density at radius 2 is 2.24 bits per heavy atom. The fourth-order valence-corrected chi connectivity index (χ4v) is 4.23. The van der Waals surface area contributed by atoms with Crippen LogP contribution in [0.25, 0.3) is 0 Å². The van der Waals surface area contributed by atoms with Gasteiger partial charge in [0.05, 0.1) is 31.2 Å². The van der Waals surface area contributed by atoms with Crippen LogP contribution in [0.5, 0.6) is 0 Å². The van der Waals surface area contributed by atoms with Crippen molar-refractivity contribution in [1.82, 2.24) is 9.62 Å². The predicted molar refractivity (Wildman–Crippen MR) is 93.5 cm³/mol. The van der Waals surface area contributed by atoms with Gasteiger partial charge in [0.15, 0.2) is 0 Å². The molecule has 142 valence electrons. The van der Waals surface area contributed by atoms with Crippen LogP contribution in [0.4, 0.5) is 8.78 Å². The number of hydrogen-bond acceptors (Lipinski definition) is 4. The Kier molecular flexibility index (Phi) is 7.57. The standard InChI is InChI=1S/C16H23ClF2N2O3S/c1-12-11-21(7-8-24-12)15(10-20-25(22,23)9-3-6-18)16-13(17)4-2-5-14(16)19/h2,4-5,12,15,20H,3,6-11H2,1H3/t12-,15-/m1/s1. The van der Waals surface area contributed by atoms with Crippen molar-refractivity contribution in [3.8, 4) is 0 Å². The summed E-state index contributed by atoms with van der Waals surface area (Å²) in [7, 11) is -3.64. The molecule has 0 aliphatic carbocycles. The summed E-state index contributed by atoms with van der Waals surface area (Å²) >= 11 is 6.19. The molecule has 2 rings (SSSR count). The number of rotatable bonds is 8. The Morgan fingerprint density at radius 1 is 1.48 bits per heavy atom. The molecule has 1 saturated heterocycles. The quantitative estimate of drug-likeness (QED) is 0.733. The Balaban J connectivity index is 2.23. The molecule has 1 fully saturated rings. The summed E-state index contributed by atoms with van der Waals surface area (Å²) in [5, 5.41) is 0.243. The summed E-state index contributed by atoms with van der Waals surface area (Å²) < 4.78 is 58.6. The lowest BCUT2D eigenvalue weighted by atomic mass is 10.0. The van der Waals surface area contributed by atoms with Gasteiger partial charge in [-0.1, -0.05) is 17.7 Å². The zero-order valence-corrected chi connectivity index (χ0v) is 15.6. The first-order valence-electron chi connectivity index (χ1n) is 8.17. The van der Waals surface area contributed by atoms with E-state index >= 15 is 0 Å². The minimum atomic E-state index is -3.64. The molecule has 2 atom stereocenters. The monoisotopic (exact) mass is 396 g/mol. The van der Waals surface area contributed by atoms with Crippen molar-refractivity contribution >= 4 is 21.6 Å². The maximum absolute atomic E-state index is 14.4. The maximum atomic E-state index is 14.4. The number of benzene rings is 1. The van der Waals surface area contributed by atoms with Crippen molar-refractivity contribution in [2.24, 2.45) is 0 Å². The fourth-order valence-electron chi connectivity index (χ4n) is 2.89. The first kappa shape index (κ1) is 20.5. The third-order valence-electron chi connectivity index (χ3n) is 4.09. The van der Waals surface area contributed by atoms with E-state index < -0.39 is 28.6 Å². The van der Waals surface area contributed by atoms with Crippen molar-refractivity contribution in [3.05, 3.63) is 34.6 Å². The van der Waals surface area contributed by atoms with Crippen LogP contribution in [0.2, 0.25) is 5.02 Å². The van der Waals surface area contributed by atoms with Crippen molar-refractivity contribution in [1.29, 1.82) is 0 Å². The van der Waals surface area contributed by atoms with Crippen LogP contribution in [-0.2, 0) is 14.8 Å². The van der Waals surface area contributed by atoms with Gasteiger partial charge in [-0.2, -0.15) is 0 Å². The summed E-state index contributed by atoms with van der Waals surface area (Å²) in [5.74, 6) is -0.791. The van der Waals surface area contributed by atoms with Crippen LogP contribution in [0.3, 0.4) is 0 Å². The van der Waals surface area contributed by atoms with E-state index in [1.807, 2.05) is 11.8 Å². The first-order valence-corrected chi connectivity index (χ1v) is 10.2. The molecular formula is C16H23ClF2N2O3S. The van der Waals surface area contributed by atoms with E-state index in [0.717, 1.165) is 0 Å². The van der Waals surface area contributed by atoms with Gasteiger partial charge in [-0.15, -0.1) is 0 Å². The van der Waals surface area contributed by atoms with E-state index in [-0.39, 0.29) is 35.4 Å². The van der Waals surface area contributed by atoms with Crippen LogP contribution >= 0.6 is 11.6 Å². The van der Waals surface area contributed by atoms with E-state index in [1.54, 1.807) is 6.07 Å². The normalized spacial score (nSPS) is 20.6. The van der Waals surface area contributed by atoms with Gasteiger partial charge in [0.1, 0.15) is 5.82 Å². The molecule has 1 aromatic carbocycles. The van der Waals surface area contributed by atoms with Crippen molar-refractivity contribution in [3.63, 3.8) is 0 Å². The highest BCUT2D eigenvalue weighted by atomic mass is 35.5. The molecule has 1 N–H and O–H groups in total. The SMILES string of the molecule is C[C@@H]1CN([C@H](CNS(=O)(=O)CCCF)c2c(F)cccc2Cl)CCO1. The number of hydrogen-bond donors (Lipinski definition) is 1. The fraction of sp³-hybridized carbons (Fsp3) is 0.625. The lowest BCUT2D eigenvalue weighted by Crippen LogP contribution is -2.47. The van der Waals surface area contributed by atoms with E-state index in [4.69, 9.17) is 16.3 Å². The molecule has 0 spiro atoms. The molecule has 1 aliphatic heterocycles. The van der Waals surface area contributed by atoms with Gasteiger partial charge >= 0.3 is 0 Å². The Bertz CT molecular complexity index is 655. The number of morpholine rings is 1. The van der Waals surface area contributed by atoms with Crippen molar-refractivity contribution in [2.45, 2.75) is 25.5 Å². The topological polar surface area (TPSA) is 58.6 Å². The van der Waals surface area contributed by atoms with E-state index in [9.17, 15) is 17.2 Å². The largest absolute Gasteiger partial charge is 0.376 e.